The van der Waals surface area contributed by atoms with Crippen molar-refractivity contribution in [3.05, 3.63) is 47.6 Å². The molecule has 1 aromatic heterocycles. The molecule has 1 aromatic carbocycles. The number of rotatable bonds is 6. The molecule has 1 amide bonds. The van der Waals surface area contributed by atoms with Gasteiger partial charge in [0, 0.05) is 32.0 Å². The molecule has 0 spiro atoms. The minimum absolute atomic E-state index is 0.0336. The lowest BCUT2D eigenvalue weighted by Gasteiger charge is -2.28. The van der Waals surface area contributed by atoms with Crippen LogP contribution >= 0.6 is 0 Å². The Morgan fingerprint density at radius 3 is 2.96 bits per heavy atom. The van der Waals surface area contributed by atoms with E-state index in [-0.39, 0.29) is 11.9 Å². The summed E-state index contributed by atoms with van der Waals surface area (Å²) in [6.07, 6.45) is 3.43. The third kappa shape index (κ3) is 4.20. The molecule has 1 saturated heterocycles. The lowest BCUT2D eigenvalue weighted by molar-refractivity contribution is -0.121. The molecule has 1 N–H and O–H groups in total. The molecular weight excluding hydrogens is 304 g/mol. The molecule has 128 valence electrons. The Bertz CT molecular complexity index is 656. The molecule has 1 atom stereocenters. The molecule has 0 unspecified atom stereocenters. The van der Waals surface area contributed by atoms with E-state index in [0.29, 0.717) is 31.2 Å². The van der Waals surface area contributed by atoms with Crippen molar-refractivity contribution in [3.63, 3.8) is 0 Å². The standard InChI is InChI=1S/C18H24N4O2/c1-2-3-9-18-20-16(21-24-18)13-22-11-10-19-17(23)12-15(22)14-7-5-4-6-8-14/h4-8,15H,2-3,9-13H2,1H3,(H,19,23)/t15-/m0/s1. The number of nitrogens with zero attached hydrogens (tertiary/aromatic N) is 3. The molecule has 2 aromatic rings. The molecule has 0 saturated carbocycles. The number of benzene rings is 1. The zero-order valence-electron chi connectivity index (χ0n) is 14.1. The molecule has 2 heterocycles. The Hall–Kier alpha value is -2.21. The maximum atomic E-state index is 12.0. The first-order valence-electron chi connectivity index (χ1n) is 8.63. The van der Waals surface area contributed by atoms with Gasteiger partial charge in [-0.1, -0.05) is 48.8 Å². The molecule has 0 radical (unpaired) electrons. The zero-order chi connectivity index (χ0) is 16.8. The third-order valence-corrected chi connectivity index (χ3v) is 4.32. The lowest BCUT2D eigenvalue weighted by atomic mass is 10.0. The van der Waals surface area contributed by atoms with Crippen molar-refractivity contribution in [2.24, 2.45) is 0 Å². The summed E-state index contributed by atoms with van der Waals surface area (Å²) in [5, 5.41) is 7.06. The Morgan fingerprint density at radius 1 is 1.33 bits per heavy atom. The second kappa shape index (κ2) is 8.06. The summed E-state index contributed by atoms with van der Waals surface area (Å²) < 4.78 is 5.33. The van der Waals surface area contributed by atoms with Gasteiger partial charge in [0.2, 0.25) is 11.8 Å². The van der Waals surface area contributed by atoms with Crippen LogP contribution in [-0.4, -0.2) is 34.0 Å². The average Bonchev–Trinajstić information content (AvgIpc) is 2.96. The minimum atomic E-state index is 0.0336. The molecule has 6 nitrogen and oxygen atoms in total. The topological polar surface area (TPSA) is 71.3 Å². The third-order valence-electron chi connectivity index (χ3n) is 4.32. The van der Waals surface area contributed by atoms with E-state index < -0.39 is 0 Å². The first-order valence-corrected chi connectivity index (χ1v) is 8.63. The summed E-state index contributed by atoms with van der Waals surface area (Å²) in [6, 6.07) is 10.2. The molecule has 1 aliphatic heterocycles. The number of carbonyl (C=O) groups excluding carboxylic acids is 1. The van der Waals surface area contributed by atoms with Crippen LogP contribution in [0, 0.1) is 0 Å². The van der Waals surface area contributed by atoms with Crippen LogP contribution in [0.2, 0.25) is 0 Å². The van der Waals surface area contributed by atoms with Crippen LogP contribution in [0.3, 0.4) is 0 Å². The predicted octanol–water partition coefficient (Wildman–Crippen LogP) is 2.48. The van der Waals surface area contributed by atoms with Gasteiger partial charge in [-0.05, 0) is 12.0 Å². The highest BCUT2D eigenvalue weighted by Crippen LogP contribution is 2.26. The number of aryl methyl sites for hydroxylation is 1. The van der Waals surface area contributed by atoms with Crippen molar-refractivity contribution < 1.29 is 9.32 Å². The average molecular weight is 328 g/mol. The predicted molar refractivity (Wildman–Crippen MR) is 90.1 cm³/mol. The van der Waals surface area contributed by atoms with E-state index in [2.05, 4.69) is 39.4 Å². The summed E-state index contributed by atoms with van der Waals surface area (Å²) in [5.41, 5.74) is 1.14. The van der Waals surface area contributed by atoms with Crippen LogP contribution in [-0.2, 0) is 17.8 Å². The SMILES string of the molecule is CCCCc1nc(CN2CCNC(=O)C[C@H]2c2ccccc2)no1. The van der Waals surface area contributed by atoms with Crippen molar-refractivity contribution in [2.45, 2.75) is 45.2 Å². The lowest BCUT2D eigenvalue weighted by Crippen LogP contribution is -2.31. The molecule has 6 heteroatoms. The van der Waals surface area contributed by atoms with Gasteiger partial charge in [-0.25, -0.2) is 0 Å². The van der Waals surface area contributed by atoms with E-state index in [1.165, 1.54) is 0 Å². The zero-order valence-corrected chi connectivity index (χ0v) is 14.1. The van der Waals surface area contributed by atoms with Crippen LogP contribution < -0.4 is 5.32 Å². The summed E-state index contributed by atoms with van der Waals surface area (Å²) in [6.45, 7) is 4.14. The first kappa shape index (κ1) is 16.6. The van der Waals surface area contributed by atoms with Gasteiger partial charge in [0.25, 0.3) is 0 Å². The highest BCUT2D eigenvalue weighted by molar-refractivity contribution is 5.77. The van der Waals surface area contributed by atoms with Gasteiger partial charge < -0.3 is 9.84 Å². The fourth-order valence-electron chi connectivity index (χ4n) is 3.03. The molecule has 0 aliphatic carbocycles. The molecule has 1 fully saturated rings. The van der Waals surface area contributed by atoms with Crippen molar-refractivity contribution in [1.29, 1.82) is 0 Å². The summed E-state index contributed by atoms with van der Waals surface area (Å²) >= 11 is 0. The molecule has 24 heavy (non-hydrogen) atoms. The van der Waals surface area contributed by atoms with Crippen molar-refractivity contribution in [3.8, 4) is 0 Å². The second-order valence-corrected chi connectivity index (χ2v) is 6.16. The van der Waals surface area contributed by atoms with E-state index in [1.54, 1.807) is 0 Å². The first-order chi connectivity index (χ1) is 11.8. The fourth-order valence-corrected chi connectivity index (χ4v) is 3.03. The van der Waals surface area contributed by atoms with Gasteiger partial charge >= 0.3 is 0 Å². The van der Waals surface area contributed by atoms with Crippen LogP contribution in [0.25, 0.3) is 0 Å². The van der Waals surface area contributed by atoms with Gasteiger partial charge in [-0.15, -0.1) is 0 Å². The molecule has 0 bridgehead atoms. The Morgan fingerprint density at radius 2 is 2.17 bits per heavy atom. The number of unbranched alkanes of at least 4 members (excludes halogenated alkanes) is 1. The van der Waals surface area contributed by atoms with Gasteiger partial charge in [-0.2, -0.15) is 4.98 Å². The highest BCUT2D eigenvalue weighted by atomic mass is 16.5. The van der Waals surface area contributed by atoms with Crippen LogP contribution in [0.5, 0.6) is 0 Å². The Kier molecular flexibility index (Phi) is 5.59. The Labute approximate surface area is 142 Å². The Balaban J connectivity index is 1.75. The molecular formula is C18H24N4O2. The van der Waals surface area contributed by atoms with E-state index >= 15 is 0 Å². The number of carbonyl (C=O) groups is 1. The van der Waals surface area contributed by atoms with Gasteiger partial charge in [-0.3, -0.25) is 9.69 Å². The maximum absolute atomic E-state index is 12.0. The van der Waals surface area contributed by atoms with Crippen molar-refractivity contribution in [2.75, 3.05) is 13.1 Å². The number of hydrogen-bond donors (Lipinski definition) is 1. The van der Waals surface area contributed by atoms with Crippen LogP contribution in [0.15, 0.2) is 34.9 Å². The number of nitrogens with one attached hydrogen (secondary N) is 1. The van der Waals surface area contributed by atoms with Crippen LogP contribution in [0.1, 0.15) is 49.5 Å². The van der Waals surface area contributed by atoms with Gasteiger partial charge in [0.1, 0.15) is 0 Å². The summed E-state index contributed by atoms with van der Waals surface area (Å²) in [4.78, 5) is 18.7. The normalized spacial score (nSPS) is 19.0. The van der Waals surface area contributed by atoms with Crippen molar-refractivity contribution in [1.82, 2.24) is 20.4 Å². The quantitative estimate of drug-likeness (QED) is 0.882. The largest absolute Gasteiger partial charge is 0.355 e. The van der Waals surface area contributed by atoms with E-state index in [0.717, 1.165) is 31.4 Å². The van der Waals surface area contributed by atoms with Crippen molar-refractivity contribution >= 4 is 5.91 Å². The van der Waals surface area contributed by atoms with E-state index in [1.807, 2.05) is 18.2 Å². The monoisotopic (exact) mass is 328 g/mol. The van der Waals surface area contributed by atoms with Gasteiger partial charge in [0.05, 0.1) is 6.54 Å². The van der Waals surface area contributed by atoms with E-state index in [9.17, 15) is 4.79 Å². The highest BCUT2D eigenvalue weighted by Gasteiger charge is 2.27. The fraction of sp³-hybridized carbons (Fsp3) is 0.500. The number of hydrogen-bond acceptors (Lipinski definition) is 5. The number of aromatic nitrogens is 2. The van der Waals surface area contributed by atoms with Crippen LogP contribution in [0.4, 0.5) is 0 Å². The smallest absolute Gasteiger partial charge is 0.226 e. The number of amides is 1. The minimum Gasteiger partial charge on any atom is -0.355 e. The summed E-state index contributed by atoms with van der Waals surface area (Å²) in [5.74, 6) is 1.48. The summed E-state index contributed by atoms with van der Waals surface area (Å²) in [7, 11) is 0. The second-order valence-electron chi connectivity index (χ2n) is 6.16. The molecule has 3 rings (SSSR count). The van der Waals surface area contributed by atoms with Gasteiger partial charge in [0.15, 0.2) is 5.82 Å². The maximum Gasteiger partial charge on any atom is 0.226 e. The molecule has 1 aliphatic rings. The van der Waals surface area contributed by atoms with E-state index in [4.69, 9.17) is 4.52 Å².